The number of unbranched alkanes of at least 4 members (excludes halogenated alkanes) is 1. The SMILES string of the molecule is CCCCN(CC)c1ccn([C@H]2CS[C@@H](COC)O2)c(=O)n1. The molecule has 0 aromatic carbocycles. The largest absolute Gasteiger partial charge is 0.381 e. The molecule has 22 heavy (non-hydrogen) atoms. The molecular weight excluding hydrogens is 302 g/mol. The summed E-state index contributed by atoms with van der Waals surface area (Å²) in [6.07, 6.45) is 3.76. The molecule has 1 aliphatic heterocycles. The van der Waals surface area contributed by atoms with E-state index in [4.69, 9.17) is 9.47 Å². The van der Waals surface area contributed by atoms with Crippen molar-refractivity contribution in [3.63, 3.8) is 0 Å². The second-order valence-corrected chi connectivity index (χ2v) is 6.41. The molecule has 2 rings (SSSR count). The van der Waals surface area contributed by atoms with E-state index in [0.717, 1.165) is 37.5 Å². The first-order valence-electron chi connectivity index (χ1n) is 7.79. The van der Waals surface area contributed by atoms with Crippen LogP contribution in [0.5, 0.6) is 0 Å². The van der Waals surface area contributed by atoms with E-state index in [1.807, 2.05) is 6.07 Å². The van der Waals surface area contributed by atoms with Gasteiger partial charge < -0.3 is 14.4 Å². The van der Waals surface area contributed by atoms with Gasteiger partial charge in [-0.2, -0.15) is 4.98 Å². The lowest BCUT2D eigenvalue weighted by molar-refractivity contribution is -0.0152. The lowest BCUT2D eigenvalue weighted by atomic mass is 10.3. The number of hydrogen-bond donors (Lipinski definition) is 0. The van der Waals surface area contributed by atoms with E-state index in [1.54, 1.807) is 29.6 Å². The monoisotopic (exact) mass is 327 g/mol. The maximum absolute atomic E-state index is 12.3. The molecule has 124 valence electrons. The number of hydrogen-bond acceptors (Lipinski definition) is 6. The van der Waals surface area contributed by atoms with Gasteiger partial charge in [-0.15, -0.1) is 11.8 Å². The van der Waals surface area contributed by atoms with Gasteiger partial charge >= 0.3 is 5.69 Å². The van der Waals surface area contributed by atoms with E-state index in [9.17, 15) is 4.79 Å². The number of rotatable bonds is 8. The van der Waals surface area contributed by atoms with Crippen molar-refractivity contribution in [1.29, 1.82) is 0 Å². The highest BCUT2D eigenvalue weighted by Crippen LogP contribution is 2.31. The molecule has 0 amide bonds. The van der Waals surface area contributed by atoms with Crippen LogP contribution in [0.25, 0.3) is 0 Å². The van der Waals surface area contributed by atoms with Crippen LogP contribution in [0.1, 0.15) is 32.9 Å². The van der Waals surface area contributed by atoms with Crippen molar-refractivity contribution in [2.45, 2.75) is 38.4 Å². The zero-order valence-corrected chi connectivity index (χ0v) is 14.3. The van der Waals surface area contributed by atoms with Crippen molar-refractivity contribution in [2.24, 2.45) is 0 Å². The molecule has 2 atom stereocenters. The van der Waals surface area contributed by atoms with E-state index in [0.29, 0.717) is 6.61 Å². The smallest absolute Gasteiger partial charge is 0.351 e. The van der Waals surface area contributed by atoms with E-state index in [2.05, 4.69) is 23.7 Å². The molecule has 0 radical (unpaired) electrons. The second-order valence-electron chi connectivity index (χ2n) is 5.22. The van der Waals surface area contributed by atoms with Crippen LogP contribution < -0.4 is 10.6 Å². The molecule has 1 aliphatic rings. The number of aromatic nitrogens is 2. The normalized spacial score (nSPS) is 21.2. The van der Waals surface area contributed by atoms with Crippen molar-refractivity contribution in [2.75, 3.05) is 37.5 Å². The van der Waals surface area contributed by atoms with Crippen molar-refractivity contribution < 1.29 is 9.47 Å². The fourth-order valence-corrected chi connectivity index (χ4v) is 3.45. The zero-order valence-electron chi connectivity index (χ0n) is 13.5. The van der Waals surface area contributed by atoms with Crippen LogP contribution in [-0.4, -0.2) is 47.5 Å². The van der Waals surface area contributed by atoms with Gasteiger partial charge in [-0.1, -0.05) is 13.3 Å². The Morgan fingerprint density at radius 2 is 2.36 bits per heavy atom. The summed E-state index contributed by atoms with van der Waals surface area (Å²) in [6, 6.07) is 1.90. The van der Waals surface area contributed by atoms with Gasteiger partial charge in [0.05, 0.1) is 6.61 Å². The third-order valence-corrected chi connectivity index (χ3v) is 4.75. The predicted octanol–water partition coefficient (Wildman–Crippen LogP) is 2.10. The summed E-state index contributed by atoms with van der Waals surface area (Å²) < 4.78 is 12.5. The van der Waals surface area contributed by atoms with E-state index < -0.39 is 0 Å². The zero-order chi connectivity index (χ0) is 15.9. The lowest BCUT2D eigenvalue weighted by Gasteiger charge is -2.22. The molecular formula is C15H25N3O3S. The highest BCUT2D eigenvalue weighted by Gasteiger charge is 2.28. The minimum absolute atomic E-state index is 0.0155. The highest BCUT2D eigenvalue weighted by molar-refractivity contribution is 8.00. The van der Waals surface area contributed by atoms with Crippen LogP contribution in [-0.2, 0) is 9.47 Å². The summed E-state index contributed by atoms with van der Waals surface area (Å²) in [6.45, 7) is 6.54. The first-order valence-corrected chi connectivity index (χ1v) is 8.84. The number of thioether (sulfide) groups is 1. The van der Waals surface area contributed by atoms with Crippen LogP contribution in [0, 0.1) is 0 Å². The number of ether oxygens (including phenoxy) is 2. The first kappa shape index (κ1) is 17.3. The predicted molar refractivity (Wildman–Crippen MR) is 89.5 cm³/mol. The van der Waals surface area contributed by atoms with Gasteiger partial charge in [0.1, 0.15) is 17.5 Å². The number of anilines is 1. The quantitative estimate of drug-likeness (QED) is 0.729. The van der Waals surface area contributed by atoms with Crippen molar-refractivity contribution in [3.8, 4) is 0 Å². The molecule has 0 unspecified atom stereocenters. The average Bonchev–Trinajstić information content (AvgIpc) is 2.97. The van der Waals surface area contributed by atoms with Crippen LogP contribution in [0.4, 0.5) is 5.82 Å². The highest BCUT2D eigenvalue weighted by atomic mass is 32.2. The Kier molecular flexibility index (Phi) is 6.72. The molecule has 1 aromatic rings. The summed E-state index contributed by atoms with van der Waals surface area (Å²) >= 11 is 1.66. The minimum atomic E-state index is -0.259. The number of methoxy groups -OCH3 is 1. The topological polar surface area (TPSA) is 56.6 Å². The van der Waals surface area contributed by atoms with Gasteiger partial charge in [0.15, 0.2) is 0 Å². The molecule has 1 saturated heterocycles. The molecule has 2 heterocycles. The van der Waals surface area contributed by atoms with Crippen LogP contribution in [0.2, 0.25) is 0 Å². The summed E-state index contributed by atoms with van der Waals surface area (Å²) in [5.41, 5.74) is -0.269. The van der Waals surface area contributed by atoms with Crippen LogP contribution in [0.3, 0.4) is 0 Å². The van der Waals surface area contributed by atoms with Crippen molar-refractivity contribution >= 4 is 17.6 Å². The molecule has 0 aliphatic carbocycles. The van der Waals surface area contributed by atoms with Gasteiger partial charge in [-0.05, 0) is 19.4 Å². The summed E-state index contributed by atoms with van der Waals surface area (Å²) in [5, 5.41) is 0. The van der Waals surface area contributed by atoms with Crippen molar-refractivity contribution in [3.05, 3.63) is 22.7 Å². The molecule has 0 bridgehead atoms. The van der Waals surface area contributed by atoms with Gasteiger partial charge in [0.25, 0.3) is 0 Å². The Labute approximate surface area is 135 Å². The average molecular weight is 327 g/mol. The summed E-state index contributed by atoms with van der Waals surface area (Å²) in [4.78, 5) is 18.6. The van der Waals surface area contributed by atoms with Gasteiger partial charge in [-0.25, -0.2) is 4.79 Å². The van der Waals surface area contributed by atoms with Gasteiger partial charge in [0.2, 0.25) is 0 Å². The molecule has 0 spiro atoms. The third-order valence-electron chi connectivity index (χ3n) is 3.65. The number of nitrogens with zero attached hydrogens (tertiary/aromatic N) is 3. The molecule has 1 aromatic heterocycles. The third kappa shape index (κ3) is 4.24. The van der Waals surface area contributed by atoms with E-state index >= 15 is 0 Å². The van der Waals surface area contributed by atoms with E-state index in [-0.39, 0.29) is 17.4 Å². The Morgan fingerprint density at radius 1 is 1.55 bits per heavy atom. The molecule has 7 heteroatoms. The van der Waals surface area contributed by atoms with E-state index in [1.165, 1.54) is 0 Å². The molecule has 6 nitrogen and oxygen atoms in total. The molecule has 0 saturated carbocycles. The van der Waals surface area contributed by atoms with Crippen molar-refractivity contribution in [1.82, 2.24) is 9.55 Å². The molecule has 0 N–H and O–H groups in total. The lowest BCUT2D eigenvalue weighted by Crippen LogP contribution is -2.32. The Bertz CT molecular complexity index is 523. The van der Waals surface area contributed by atoms with Gasteiger partial charge in [-0.3, -0.25) is 4.57 Å². The Balaban J connectivity index is 2.08. The fraction of sp³-hybridized carbons (Fsp3) is 0.733. The maximum atomic E-state index is 12.3. The Morgan fingerprint density at radius 3 is 3.00 bits per heavy atom. The molecule has 1 fully saturated rings. The Hall–Kier alpha value is -1.05. The first-order chi connectivity index (χ1) is 10.7. The fourth-order valence-electron chi connectivity index (χ4n) is 2.40. The minimum Gasteiger partial charge on any atom is -0.381 e. The van der Waals surface area contributed by atoms with Gasteiger partial charge in [0, 0.05) is 32.1 Å². The summed E-state index contributed by atoms with van der Waals surface area (Å²) in [7, 11) is 1.65. The van der Waals surface area contributed by atoms with Crippen LogP contribution >= 0.6 is 11.8 Å². The standard InChI is InChI=1S/C15H25N3O3S/c1-4-6-8-17(5-2)12-7-9-18(15(19)16-12)13-11-22-14(21-13)10-20-3/h7,9,13-14H,4-6,8,10-11H2,1-3H3/t13-,14+/m1/s1. The summed E-state index contributed by atoms with van der Waals surface area (Å²) in [5.74, 6) is 1.48. The maximum Gasteiger partial charge on any atom is 0.351 e. The van der Waals surface area contributed by atoms with Crippen LogP contribution in [0.15, 0.2) is 17.1 Å². The second kappa shape index (κ2) is 8.55.